The van der Waals surface area contributed by atoms with Crippen LogP contribution in [0.3, 0.4) is 0 Å². The lowest BCUT2D eigenvalue weighted by Gasteiger charge is -2.42. The molecule has 3 aromatic rings. The lowest BCUT2D eigenvalue weighted by Crippen LogP contribution is -2.50. The van der Waals surface area contributed by atoms with Crippen molar-refractivity contribution in [2.45, 2.75) is 76.4 Å². The molecule has 1 saturated carbocycles. The van der Waals surface area contributed by atoms with E-state index in [0.29, 0.717) is 11.5 Å². The summed E-state index contributed by atoms with van der Waals surface area (Å²) in [5.41, 5.74) is 5.69. The topological polar surface area (TPSA) is 61.4 Å². The van der Waals surface area contributed by atoms with E-state index in [1.807, 2.05) is 30.3 Å². The van der Waals surface area contributed by atoms with Crippen molar-refractivity contribution in [3.05, 3.63) is 101 Å². The van der Waals surface area contributed by atoms with Gasteiger partial charge in [-0.25, -0.2) is 0 Å². The summed E-state index contributed by atoms with van der Waals surface area (Å²) in [6, 6.07) is 27.0. The fraction of sp³-hybridized carbons (Fsp3) is 0.429. The maximum atomic E-state index is 14.4. The predicted octanol–water partition coefficient (Wildman–Crippen LogP) is 7.07. The summed E-state index contributed by atoms with van der Waals surface area (Å²) in [6.45, 7) is 2.99. The summed E-state index contributed by atoms with van der Waals surface area (Å²) in [5, 5.41) is 7.11. The molecule has 6 rings (SSSR count). The first-order valence-corrected chi connectivity index (χ1v) is 15.2. The Balaban J connectivity index is 1.30. The van der Waals surface area contributed by atoms with Gasteiger partial charge in [0.25, 0.3) is 5.91 Å². The zero-order valence-electron chi connectivity index (χ0n) is 23.5. The van der Waals surface area contributed by atoms with Gasteiger partial charge < -0.3 is 15.5 Å². The lowest BCUT2D eigenvalue weighted by molar-refractivity contribution is -0.138. The number of hydrogen-bond acceptors (Lipinski definition) is 3. The Bertz CT molecular complexity index is 1320. The molecule has 2 aliphatic heterocycles. The molecule has 208 valence electrons. The molecule has 0 unspecified atom stereocenters. The molecule has 2 amide bonds. The molecule has 0 radical (unpaired) electrons. The highest BCUT2D eigenvalue weighted by Crippen LogP contribution is 2.52. The number of anilines is 1. The molecule has 0 bridgehead atoms. The van der Waals surface area contributed by atoms with Gasteiger partial charge >= 0.3 is 0 Å². The largest absolute Gasteiger partial charge is 0.378 e. The van der Waals surface area contributed by atoms with Gasteiger partial charge in [-0.2, -0.15) is 0 Å². The number of fused-ring (bicyclic) bond motifs is 3. The molecule has 3 aromatic carbocycles. The number of carbonyl (C=O) groups is 2. The highest BCUT2D eigenvalue weighted by Gasteiger charge is 2.48. The van der Waals surface area contributed by atoms with E-state index in [9.17, 15) is 9.59 Å². The van der Waals surface area contributed by atoms with Crippen molar-refractivity contribution in [2.75, 3.05) is 11.9 Å². The number of unbranched alkanes of at least 4 members (excludes halogenated alkanes) is 1. The number of rotatable bonds is 7. The number of nitrogens with one attached hydrogen (secondary N) is 2. The van der Waals surface area contributed by atoms with E-state index in [2.05, 4.69) is 71.0 Å². The molecule has 1 aliphatic carbocycles. The summed E-state index contributed by atoms with van der Waals surface area (Å²) in [4.78, 5) is 29.7. The van der Waals surface area contributed by atoms with Crippen LogP contribution in [0.5, 0.6) is 0 Å². The van der Waals surface area contributed by atoms with E-state index in [4.69, 9.17) is 0 Å². The Morgan fingerprint density at radius 1 is 0.925 bits per heavy atom. The smallest absolute Gasteiger partial charge is 0.251 e. The van der Waals surface area contributed by atoms with E-state index in [-0.39, 0.29) is 35.9 Å². The van der Waals surface area contributed by atoms with Gasteiger partial charge in [0.15, 0.2) is 0 Å². The fourth-order valence-corrected chi connectivity index (χ4v) is 7.25. The summed E-state index contributed by atoms with van der Waals surface area (Å²) >= 11 is 0. The van der Waals surface area contributed by atoms with Crippen molar-refractivity contribution in [2.24, 2.45) is 11.8 Å². The lowest BCUT2D eigenvalue weighted by atomic mass is 9.78. The third-order valence-electron chi connectivity index (χ3n) is 9.31. The molecule has 5 nitrogen and oxygen atoms in total. The molecule has 0 aromatic heterocycles. The van der Waals surface area contributed by atoms with Crippen molar-refractivity contribution in [3.8, 4) is 0 Å². The van der Waals surface area contributed by atoms with Crippen LogP contribution in [0.25, 0.3) is 0 Å². The Hall–Kier alpha value is -3.60. The van der Waals surface area contributed by atoms with Crippen LogP contribution in [0.15, 0.2) is 78.9 Å². The summed E-state index contributed by atoms with van der Waals surface area (Å²) in [5.74, 6) is 0.254. The molecule has 40 heavy (non-hydrogen) atoms. The molecule has 2 heterocycles. The number of carbonyl (C=O) groups excluding carboxylic acids is 2. The summed E-state index contributed by atoms with van der Waals surface area (Å²) in [6.07, 6.45) is 8.11. The molecule has 2 fully saturated rings. The molecular formula is C35H41N3O2. The van der Waals surface area contributed by atoms with Crippen LogP contribution in [-0.4, -0.2) is 29.3 Å². The number of likely N-dealkylation sites (tertiary alicyclic amines) is 1. The van der Waals surface area contributed by atoms with Gasteiger partial charge in [-0.3, -0.25) is 9.59 Å². The summed E-state index contributed by atoms with van der Waals surface area (Å²) in [7, 11) is 0. The number of amides is 2. The van der Waals surface area contributed by atoms with Gasteiger partial charge in [0.05, 0.1) is 18.0 Å². The third kappa shape index (κ3) is 5.26. The summed E-state index contributed by atoms with van der Waals surface area (Å²) < 4.78 is 0. The van der Waals surface area contributed by atoms with Gasteiger partial charge in [0.1, 0.15) is 0 Å². The number of nitrogens with zero attached hydrogens (tertiary/aromatic N) is 1. The van der Waals surface area contributed by atoms with Gasteiger partial charge in [-0.15, -0.1) is 0 Å². The number of hydrogen-bond donors (Lipinski definition) is 2. The molecule has 1 saturated heterocycles. The Kier molecular flexibility index (Phi) is 7.90. The Labute approximate surface area is 238 Å². The minimum Gasteiger partial charge on any atom is -0.378 e. The second-order valence-electron chi connectivity index (χ2n) is 11.8. The van der Waals surface area contributed by atoms with E-state index < -0.39 is 0 Å². The second kappa shape index (κ2) is 11.9. The zero-order chi connectivity index (χ0) is 27.5. The first-order valence-electron chi connectivity index (χ1n) is 15.2. The third-order valence-corrected chi connectivity index (χ3v) is 9.31. The minimum atomic E-state index is -0.183. The van der Waals surface area contributed by atoms with Crippen molar-refractivity contribution in [1.29, 1.82) is 0 Å². The van der Waals surface area contributed by atoms with Crippen LogP contribution >= 0.6 is 0 Å². The second-order valence-corrected chi connectivity index (χ2v) is 11.8. The predicted molar refractivity (Wildman–Crippen MR) is 160 cm³/mol. The van der Waals surface area contributed by atoms with Crippen LogP contribution in [0.4, 0.5) is 5.69 Å². The molecule has 5 heteroatoms. The highest BCUT2D eigenvalue weighted by atomic mass is 16.2. The number of aryl methyl sites for hydroxylation is 1. The van der Waals surface area contributed by atoms with Crippen LogP contribution in [-0.2, 0) is 11.2 Å². The van der Waals surface area contributed by atoms with Crippen LogP contribution in [0, 0.1) is 11.8 Å². The van der Waals surface area contributed by atoms with E-state index in [0.717, 1.165) is 50.8 Å². The van der Waals surface area contributed by atoms with Crippen LogP contribution < -0.4 is 10.6 Å². The highest BCUT2D eigenvalue weighted by molar-refractivity contribution is 5.95. The van der Waals surface area contributed by atoms with Crippen molar-refractivity contribution in [1.82, 2.24) is 10.2 Å². The van der Waals surface area contributed by atoms with Crippen molar-refractivity contribution in [3.63, 3.8) is 0 Å². The minimum absolute atomic E-state index is 0.0444. The first-order chi connectivity index (χ1) is 19.6. The normalized spacial score (nSPS) is 25.4. The quantitative estimate of drug-likeness (QED) is 0.340. The van der Waals surface area contributed by atoms with E-state index in [1.165, 1.54) is 29.5 Å². The monoisotopic (exact) mass is 535 g/mol. The SMILES string of the molecule is CCCCc1ccc2c(c1)[C@H]1[C@H](CCN1C(=O)[C@H]1CCCC[C@H]1NC(=O)c1ccccc1)[C@H](c1ccccc1)N2. The maximum Gasteiger partial charge on any atom is 0.251 e. The van der Waals surface area contributed by atoms with Crippen molar-refractivity contribution >= 4 is 17.5 Å². The van der Waals surface area contributed by atoms with Crippen molar-refractivity contribution < 1.29 is 9.59 Å². The maximum absolute atomic E-state index is 14.4. The molecule has 5 atom stereocenters. The zero-order valence-corrected chi connectivity index (χ0v) is 23.5. The fourth-order valence-electron chi connectivity index (χ4n) is 7.25. The molecule has 0 spiro atoms. The number of benzene rings is 3. The van der Waals surface area contributed by atoms with Gasteiger partial charge in [-0.1, -0.05) is 86.8 Å². The van der Waals surface area contributed by atoms with Gasteiger partial charge in [0.2, 0.25) is 5.91 Å². The average molecular weight is 536 g/mol. The van der Waals surface area contributed by atoms with E-state index in [1.54, 1.807) is 0 Å². The average Bonchev–Trinajstić information content (AvgIpc) is 3.46. The van der Waals surface area contributed by atoms with Crippen LogP contribution in [0.1, 0.15) is 91.0 Å². The van der Waals surface area contributed by atoms with Crippen LogP contribution in [0.2, 0.25) is 0 Å². The Morgan fingerprint density at radius 2 is 1.68 bits per heavy atom. The standard InChI is InChI=1S/C35H41N3O2/c1-2-3-12-24-19-20-31-29(23-24)33-28(32(36-31)25-13-6-4-7-14-25)21-22-38(33)35(40)27-17-10-11-18-30(27)37-34(39)26-15-8-5-9-16-26/h4-9,13-16,19-20,23,27-28,30,32-33,36H,2-3,10-12,17-18,21-22H2,1H3,(H,37,39)/t27-,28+,30+,32-,33+/m0/s1. The van der Waals surface area contributed by atoms with Gasteiger partial charge in [0, 0.05) is 29.8 Å². The Morgan fingerprint density at radius 3 is 2.45 bits per heavy atom. The van der Waals surface area contributed by atoms with E-state index >= 15 is 0 Å². The van der Waals surface area contributed by atoms with Gasteiger partial charge in [-0.05, 0) is 67.0 Å². The first kappa shape index (κ1) is 26.6. The molecular weight excluding hydrogens is 494 g/mol. The molecule has 2 N–H and O–H groups in total. The molecule has 3 aliphatic rings.